The molecule has 1 amide bonds. The molecule has 122 valence electrons. The zero-order chi connectivity index (χ0) is 16.4. The van der Waals surface area contributed by atoms with Crippen LogP contribution in [0.5, 0.6) is 0 Å². The molecule has 3 nitrogen and oxygen atoms in total. The molecule has 0 aliphatic heterocycles. The molecule has 1 aliphatic carbocycles. The summed E-state index contributed by atoms with van der Waals surface area (Å²) in [6.07, 6.45) is 0.512. The van der Waals surface area contributed by atoms with Crippen molar-refractivity contribution in [2.75, 3.05) is 13.1 Å². The molecule has 1 aromatic rings. The predicted molar refractivity (Wildman–Crippen MR) is 92.1 cm³/mol. The predicted octanol–water partition coefficient (Wildman–Crippen LogP) is 3.73. The summed E-state index contributed by atoms with van der Waals surface area (Å²) in [5.41, 5.74) is 1.71. The van der Waals surface area contributed by atoms with E-state index in [2.05, 4.69) is 48.3 Å². The second-order valence-corrected chi connectivity index (χ2v) is 7.66. The summed E-state index contributed by atoms with van der Waals surface area (Å²) >= 11 is 12.0. The number of halogens is 2. The monoisotopic (exact) mass is 342 g/mol. The van der Waals surface area contributed by atoms with Crippen LogP contribution in [0.15, 0.2) is 24.3 Å². The van der Waals surface area contributed by atoms with Crippen LogP contribution in [0.3, 0.4) is 0 Å². The fourth-order valence-corrected chi connectivity index (χ4v) is 3.20. The number of benzene rings is 1. The first kappa shape index (κ1) is 17.6. The van der Waals surface area contributed by atoms with Crippen molar-refractivity contribution in [2.24, 2.45) is 5.41 Å². The topological polar surface area (TPSA) is 32.3 Å². The molecule has 1 aliphatic rings. The van der Waals surface area contributed by atoms with E-state index in [-0.39, 0.29) is 5.91 Å². The highest BCUT2D eigenvalue weighted by Gasteiger charge is 2.67. The molecule has 1 atom stereocenters. The smallest absolute Gasteiger partial charge is 0.229 e. The van der Waals surface area contributed by atoms with Gasteiger partial charge in [0, 0.05) is 13.1 Å². The van der Waals surface area contributed by atoms with Gasteiger partial charge in [-0.2, -0.15) is 0 Å². The van der Waals surface area contributed by atoms with Gasteiger partial charge in [-0.1, -0.05) is 38.1 Å². The van der Waals surface area contributed by atoms with E-state index in [1.807, 2.05) is 0 Å². The van der Waals surface area contributed by atoms with Crippen LogP contribution in [-0.4, -0.2) is 28.2 Å². The highest BCUT2D eigenvalue weighted by molar-refractivity contribution is 6.53. The van der Waals surface area contributed by atoms with Gasteiger partial charge in [0.25, 0.3) is 0 Å². The van der Waals surface area contributed by atoms with Gasteiger partial charge in [-0.25, -0.2) is 0 Å². The molecule has 0 aromatic heterocycles. The van der Waals surface area contributed by atoms with Crippen LogP contribution in [-0.2, 0) is 17.9 Å². The van der Waals surface area contributed by atoms with Crippen molar-refractivity contribution < 1.29 is 4.79 Å². The van der Waals surface area contributed by atoms with Crippen LogP contribution in [0, 0.1) is 5.41 Å². The molecule has 0 saturated heterocycles. The average molecular weight is 343 g/mol. The average Bonchev–Trinajstić information content (AvgIpc) is 3.03. The van der Waals surface area contributed by atoms with E-state index in [1.165, 1.54) is 5.56 Å². The van der Waals surface area contributed by atoms with Crippen LogP contribution in [0.2, 0.25) is 0 Å². The molecule has 0 unspecified atom stereocenters. The lowest BCUT2D eigenvalue weighted by atomic mass is 10.1. The Balaban J connectivity index is 1.86. The first-order valence-electron chi connectivity index (χ1n) is 7.78. The number of carbonyl (C=O) groups is 1. The first-order valence-corrected chi connectivity index (χ1v) is 8.54. The number of hydrogen-bond donors (Lipinski definition) is 1. The fourth-order valence-electron chi connectivity index (χ4n) is 2.49. The molecular weight excluding hydrogens is 319 g/mol. The van der Waals surface area contributed by atoms with Crippen LogP contribution in [0.1, 0.15) is 38.3 Å². The van der Waals surface area contributed by atoms with Gasteiger partial charge in [0.1, 0.15) is 4.33 Å². The number of carbonyl (C=O) groups excluding carboxylic acids is 1. The van der Waals surface area contributed by atoms with E-state index >= 15 is 0 Å². The van der Waals surface area contributed by atoms with E-state index in [9.17, 15) is 4.79 Å². The standard InChI is InChI=1S/C17H24Cl2N2O/c1-4-21(5-2)11-14-8-6-13(7-9-14)10-20-15(22)16(3)12-17(16,18)19/h6-9H,4-5,10-12H2,1-3H3,(H,20,22)/t16-/m1/s1. The van der Waals surface area contributed by atoms with Crippen LogP contribution < -0.4 is 5.32 Å². The highest BCUT2D eigenvalue weighted by Crippen LogP contribution is 2.63. The van der Waals surface area contributed by atoms with Gasteiger partial charge in [0.15, 0.2) is 0 Å². The van der Waals surface area contributed by atoms with Gasteiger partial charge in [0.05, 0.1) is 5.41 Å². The highest BCUT2D eigenvalue weighted by atomic mass is 35.5. The lowest BCUT2D eigenvalue weighted by molar-refractivity contribution is -0.125. The quantitative estimate of drug-likeness (QED) is 0.765. The largest absolute Gasteiger partial charge is 0.351 e. The molecule has 1 fully saturated rings. The third-order valence-electron chi connectivity index (χ3n) is 4.54. The molecule has 2 rings (SSSR count). The van der Waals surface area contributed by atoms with Crippen LogP contribution in [0.25, 0.3) is 0 Å². The number of rotatable bonds is 7. The SMILES string of the molecule is CCN(CC)Cc1ccc(CNC(=O)[C@@]2(C)CC2(Cl)Cl)cc1. The number of amides is 1. The Bertz CT molecular complexity index is 526. The third kappa shape index (κ3) is 3.76. The molecule has 1 saturated carbocycles. The van der Waals surface area contributed by atoms with Crippen molar-refractivity contribution in [3.8, 4) is 0 Å². The van der Waals surface area contributed by atoms with Crippen molar-refractivity contribution in [1.29, 1.82) is 0 Å². The van der Waals surface area contributed by atoms with Gasteiger partial charge in [0.2, 0.25) is 5.91 Å². The molecule has 0 spiro atoms. The van der Waals surface area contributed by atoms with Crippen molar-refractivity contribution in [1.82, 2.24) is 10.2 Å². The molecule has 0 heterocycles. The Labute approximate surface area is 143 Å². The zero-order valence-electron chi connectivity index (χ0n) is 13.5. The summed E-state index contributed by atoms with van der Waals surface area (Å²) in [7, 11) is 0. The van der Waals surface area contributed by atoms with Crippen LogP contribution >= 0.6 is 23.2 Å². The van der Waals surface area contributed by atoms with E-state index in [0.717, 1.165) is 25.2 Å². The van der Waals surface area contributed by atoms with Gasteiger partial charge >= 0.3 is 0 Å². The number of alkyl halides is 2. The van der Waals surface area contributed by atoms with Crippen molar-refractivity contribution >= 4 is 29.1 Å². The lowest BCUT2D eigenvalue weighted by Gasteiger charge is -2.18. The first-order chi connectivity index (χ1) is 10.3. The Morgan fingerprint density at radius 3 is 2.14 bits per heavy atom. The Morgan fingerprint density at radius 2 is 1.68 bits per heavy atom. The molecule has 1 N–H and O–H groups in total. The van der Waals surface area contributed by atoms with E-state index in [0.29, 0.717) is 13.0 Å². The minimum Gasteiger partial charge on any atom is -0.351 e. The fraction of sp³-hybridized carbons (Fsp3) is 0.588. The number of nitrogens with zero attached hydrogens (tertiary/aromatic N) is 1. The molecule has 5 heteroatoms. The Hall–Kier alpha value is -0.770. The Kier molecular flexibility index (Phi) is 5.41. The van der Waals surface area contributed by atoms with Crippen molar-refractivity contribution in [3.05, 3.63) is 35.4 Å². The lowest BCUT2D eigenvalue weighted by Crippen LogP contribution is -2.32. The minimum absolute atomic E-state index is 0.0790. The maximum Gasteiger partial charge on any atom is 0.229 e. The molecule has 1 aromatic carbocycles. The molecular formula is C17H24Cl2N2O. The third-order valence-corrected chi connectivity index (χ3v) is 5.64. The molecule has 22 heavy (non-hydrogen) atoms. The summed E-state index contributed by atoms with van der Waals surface area (Å²) in [6.45, 7) is 9.69. The van der Waals surface area contributed by atoms with Gasteiger partial charge in [-0.3, -0.25) is 9.69 Å². The van der Waals surface area contributed by atoms with Crippen molar-refractivity contribution in [2.45, 2.75) is 44.6 Å². The second kappa shape index (κ2) is 6.77. The summed E-state index contributed by atoms with van der Waals surface area (Å²) in [4.78, 5) is 14.5. The maximum atomic E-state index is 12.1. The maximum absolute atomic E-state index is 12.1. The van der Waals surface area contributed by atoms with Gasteiger partial charge < -0.3 is 5.32 Å². The zero-order valence-corrected chi connectivity index (χ0v) is 15.0. The summed E-state index contributed by atoms with van der Waals surface area (Å²) in [5.74, 6) is -0.0790. The summed E-state index contributed by atoms with van der Waals surface area (Å²) < 4.78 is -0.912. The summed E-state index contributed by atoms with van der Waals surface area (Å²) in [5, 5.41) is 2.92. The minimum atomic E-state index is -0.912. The molecule has 0 bridgehead atoms. The Morgan fingerprint density at radius 1 is 1.18 bits per heavy atom. The van der Waals surface area contributed by atoms with Gasteiger partial charge in [-0.15, -0.1) is 23.2 Å². The number of nitrogens with one attached hydrogen (secondary N) is 1. The number of hydrogen-bond acceptors (Lipinski definition) is 2. The second-order valence-electron chi connectivity index (χ2n) is 6.17. The van der Waals surface area contributed by atoms with Crippen molar-refractivity contribution in [3.63, 3.8) is 0 Å². The van der Waals surface area contributed by atoms with Crippen LogP contribution in [0.4, 0.5) is 0 Å². The normalized spacial score (nSPS) is 22.6. The van der Waals surface area contributed by atoms with E-state index in [4.69, 9.17) is 23.2 Å². The van der Waals surface area contributed by atoms with Gasteiger partial charge in [-0.05, 0) is 37.6 Å². The molecule has 0 radical (unpaired) electrons. The van der Waals surface area contributed by atoms with E-state index in [1.54, 1.807) is 6.92 Å². The summed E-state index contributed by atoms with van der Waals surface area (Å²) in [6, 6.07) is 8.35. The van der Waals surface area contributed by atoms with E-state index < -0.39 is 9.75 Å².